The summed E-state index contributed by atoms with van der Waals surface area (Å²) in [4.78, 5) is 12.5. The van der Waals surface area contributed by atoms with Crippen molar-refractivity contribution in [1.82, 2.24) is 5.32 Å². The van der Waals surface area contributed by atoms with E-state index >= 15 is 0 Å². The van der Waals surface area contributed by atoms with Gasteiger partial charge >= 0.3 is 0 Å². The van der Waals surface area contributed by atoms with E-state index in [4.69, 9.17) is 0 Å². The SMILES string of the molecule is C[C@H]1CCCC[C@@H]1NC(=O)c1ccc2c(c1)CCN2S(C)(=O)=O. The van der Waals surface area contributed by atoms with E-state index in [2.05, 4.69) is 12.2 Å². The Balaban J connectivity index is 1.76. The molecule has 0 spiro atoms. The van der Waals surface area contributed by atoms with Gasteiger partial charge < -0.3 is 5.32 Å². The number of nitrogens with zero attached hydrogens (tertiary/aromatic N) is 1. The minimum absolute atomic E-state index is 0.0515. The second kappa shape index (κ2) is 6.15. The van der Waals surface area contributed by atoms with Crippen LogP contribution in [0.15, 0.2) is 18.2 Å². The van der Waals surface area contributed by atoms with Gasteiger partial charge in [-0.3, -0.25) is 9.10 Å². The lowest BCUT2D eigenvalue weighted by molar-refractivity contribution is 0.0910. The molecule has 0 aromatic heterocycles. The van der Waals surface area contributed by atoms with Gasteiger partial charge in [-0.15, -0.1) is 0 Å². The number of anilines is 1. The number of rotatable bonds is 3. The molecule has 6 heteroatoms. The molecule has 2 aliphatic rings. The lowest BCUT2D eigenvalue weighted by Gasteiger charge is -2.29. The number of benzene rings is 1. The first-order chi connectivity index (χ1) is 10.9. The highest BCUT2D eigenvalue weighted by Gasteiger charge is 2.28. The number of sulfonamides is 1. The summed E-state index contributed by atoms with van der Waals surface area (Å²) in [6.45, 7) is 2.65. The third kappa shape index (κ3) is 3.37. The average molecular weight is 336 g/mol. The number of nitrogens with one attached hydrogen (secondary N) is 1. The van der Waals surface area contributed by atoms with Crippen LogP contribution in [-0.4, -0.2) is 33.2 Å². The monoisotopic (exact) mass is 336 g/mol. The van der Waals surface area contributed by atoms with Crippen molar-refractivity contribution in [1.29, 1.82) is 0 Å². The van der Waals surface area contributed by atoms with E-state index < -0.39 is 10.0 Å². The Hall–Kier alpha value is -1.56. The summed E-state index contributed by atoms with van der Waals surface area (Å²) < 4.78 is 24.9. The minimum atomic E-state index is -3.25. The first-order valence-corrected chi connectivity index (χ1v) is 10.1. The standard InChI is InChI=1S/C17H24N2O3S/c1-12-5-3-4-6-15(12)18-17(20)14-7-8-16-13(11-14)9-10-19(16)23(2,21)22/h7-8,11-12,15H,3-6,9-10H2,1-2H3,(H,18,20)/t12-,15-/m0/s1. The van der Waals surface area contributed by atoms with Crippen LogP contribution in [-0.2, 0) is 16.4 Å². The normalized spacial score (nSPS) is 24.3. The molecule has 1 amide bonds. The fraction of sp³-hybridized carbons (Fsp3) is 0.588. The lowest BCUT2D eigenvalue weighted by atomic mass is 9.86. The van der Waals surface area contributed by atoms with Gasteiger partial charge in [0.25, 0.3) is 5.91 Å². The van der Waals surface area contributed by atoms with Gasteiger partial charge in [0.05, 0.1) is 11.9 Å². The summed E-state index contributed by atoms with van der Waals surface area (Å²) >= 11 is 0. The summed E-state index contributed by atoms with van der Waals surface area (Å²) in [5.74, 6) is 0.465. The van der Waals surface area contributed by atoms with Crippen LogP contribution in [0, 0.1) is 5.92 Å². The molecule has 3 rings (SSSR count). The topological polar surface area (TPSA) is 66.5 Å². The Kier molecular flexibility index (Phi) is 4.36. The zero-order valence-corrected chi connectivity index (χ0v) is 14.5. The Labute approximate surface area is 138 Å². The number of carbonyl (C=O) groups is 1. The smallest absolute Gasteiger partial charge is 0.251 e. The maximum Gasteiger partial charge on any atom is 0.251 e. The van der Waals surface area contributed by atoms with Gasteiger partial charge in [0, 0.05) is 18.2 Å². The van der Waals surface area contributed by atoms with Crippen molar-refractivity contribution in [3.63, 3.8) is 0 Å². The van der Waals surface area contributed by atoms with Crippen LogP contribution in [0.2, 0.25) is 0 Å². The number of hydrogen-bond acceptors (Lipinski definition) is 3. The first-order valence-electron chi connectivity index (χ1n) is 8.28. The van der Waals surface area contributed by atoms with Crippen LogP contribution in [0.1, 0.15) is 48.5 Å². The van der Waals surface area contributed by atoms with Gasteiger partial charge in [-0.2, -0.15) is 0 Å². The van der Waals surface area contributed by atoms with Crippen LogP contribution < -0.4 is 9.62 Å². The fourth-order valence-corrected chi connectivity index (χ4v) is 4.60. The Morgan fingerprint density at radius 1 is 1.26 bits per heavy atom. The predicted molar refractivity (Wildman–Crippen MR) is 91.2 cm³/mol. The van der Waals surface area contributed by atoms with Gasteiger partial charge in [0.15, 0.2) is 0 Å². The molecule has 1 saturated carbocycles. The molecular formula is C17H24N2O3S. The fourth-order valence-electron chi connectivity index (χ4n) is 3.64. The number of amides is 1. The molecule has 1 aromatic rings. The molecule has 5 nitrogen and oxygen atoms in total. The van der Waals surface area contributed by atoms with E-state index in [1.165, 1.54) is 29.8 Å². The van der Waals surface area contributed by atoms with Crippen LogP contribution in [0.3, 0.4) is 0 Å². The molecule has 2 atom stereocenters. The molecule has 1 aliphatic heterocycles. The highest BCUT2D eigenvalue weighted by molar-refractivity contribution is 7.92. The molecule has 0 radical (unpaired) electrons. The van der Waals surface area contributed by atoms with Crippen LogP contribution in [0.25, 0.3) is 0 Å². The van der Waals surface area contributed by atoms with Crippen molar-refractivity contribution in [2.75, 3.05) is 17.1 Å². The van der Waals surface area contributed by atoms with Crippen molar-refractivity contribution in [2.45, 2.75) is 45.1 Å². The molecule has 1 fully saturated rings. The van der Waals surface area contributed by atoms with Crippen LogP contribution >= 0.6 is 0 Å². The Morgan fingerprint density at radius 2 is 2.00 bits per heavy atom. The molecular weight excluding hydrogens is 312 g/mol. The van der Waals surface area contributed by atoms with E-state index in [1.807, 2.05) is 6.07 Å². The Morgan fingerprint density at radius 3 is 2.70 bits per heavy atom. The molecule has 126 valence electrons. The molecule has 1 heterocycles. The second-order valence-corrected chi connectivity index (χ2v) is 8.68. The first kappa shape index (κ1) is 16.3. The van der Waals surface area contributed by atoms with Crippen molar-refractivity contribution >= 4 is 21.6 Å². The molecule has 0 bridgehead atoms. The van der Waals surface area contributed by atoms with Crippen molar-refractivity contribution in [2.24, 2.45) is 5.92 Å². The largest absolute Gasteiger partial charge is 0.349 e. The molecule has 1 aliphatic carbocycles. The van der Waals surface area contributed by atoms with Gasteiger partial charge in [-0.1, -0.05) is 19.8 Å². The van der Waals surface area contributed by atoms with Crippen molar-refractivity contribution in [3.05, 3.63) is 29.3 Å². The lowest BCUT2D eigenvalue weighted by Crippen LogP contribution is -2.41. The van der Waals surface area contributed by atoms with E-state index in [-0.39, 0.29) is 11.9 Å². The summed E-state index contributed by atoms with van der Waals surface area (Å²) in [5.41, 5.74) is 2.26. The molecule has 23 heavy (non-hydrogen) atoms. The molecule has 0 saturated heterocycles. The van der Waals surface area contributed by atoms with Gasteiger partial charge in [0.2, 0.25) is 10.0 Å². The van der Waals surface area contributed by atoms with Crippen molar-refractivity contribution in [3.8, 4) is 0 Å². The third-order valence-corrected chi connectivity index (χ3v) is 6.20. The van der Waals surface area contributed by atoms with Crippen LogP contribution in [0.4, 0.5) is 5.69 Å². The van der Waals surface area contributed by atoms with E-state index in [9.17, 15) is 13.2 Å². The van der Waals surface area contributed by atoms with Gasteiger partial charge in [-0.05, 0) is 48.9 Å². The zero-order valence-electron chi connectivity index (χ0n) is 13.7. The summed E-state index contributed by atoms with van der Waals surface area (Å²) in [7, 11) is -3.25. The zero-order chi connectivity index (χ0) is 16.6. The minimum Gasteiger partial charge on any atom is -0.349 e. The highest BCUT2D eigenvalue weighted by Crippen LogP contribution is 2.31. The highest BCUT2D eigenvalue weighted by atomic mass is 32.2. The van der Waals surface area contributed by atoms with Gasteiger partial charge in [-0.25, -0.2) is 8.42 Å². The maximum absolute atomic E-state index is 12.5. The number of carbonyl (C=O) groups excluding carboxylic acids is 1. The van der Waals surface area contributed by atoms with E-state index in [0.717, 1.165) is 12.0 Å². The average Bonchev–Trinajstić information content (AvgIpc) is 2.92. The number of hydrogen-bond donors (Lipinski definition) is 1. The van der Waals surface area contributed by atoms with E-state index in [0.29, 0.717) is 30.1 Å². The third-order valence-electron chi connectivity index (χ3n) is 5.02. The Bertz CT molecular complexity index is 715. The quantitative estimate of drug-likeness (QED) is 0.921. The predicted octanol–water partition coefficient (Wildman–Crippen LogP) is 2.32. The maximum atomic E-state index is 12.5. The molecule has 1 aromatic carbocycles. The van der Waals surface area contributed by atoms with Crippen molar-refractivity contribution < 1.29 is 13.2 Å². The van der Waals surface area contributed by atoms with Gasteiger partial charge in [0.1, 0.15) is 0 Å². The van der Waals surface area contributed by atoms with E-state index in [1.54, 1.807) is 12.1 Å². The number of fused-ring (bicyclic) bond motifs is 1. The summed E-state index contributed by atoms with van der Waals surface area (Å²) in [6.07, 6.45) is 6.49. The molecule has 1 N–H and O–H groups in total. The second-order valence-electron chi connectivity index (χ2n) is 6.77. The summed E-state index contributed by atoms with van der Waals surface area (Å²) in [6, 6.07) is 5.56. The molecule has 0 unspecified atom stereocenters. The summed E-state index contributed by atoms with van der Waals surface area (Å²) in [5, 5.41) is 3.15. The van der Waals surface area contributed by atoms with Crippen LogP contribution in [0.5, 0.6) is 0 Å².